The minimum absolute atomic E-state index is 0.00872. The molecule has 0 unspecified atom stereocenters. The SMILES string of the molecule is O=c1n2c3c(cccc3n1-c1ccccc1)-c1c(cccc1-c1ccccc1)C2. The van der Waals surface area contributed by atoms with Crippen molar-refractivity contribution in [2.24, 2.45) is 0 Å². The molecule has 1 aromatic heterocycles. The zero-order chi connectivity index (χ0) is 19.4. The maximum atomic E-state index is 13.4. The van der Waals surface area contributed by atoms with Gasteiger partial charge in [-0.2, -0.15) is 0 Å². The average molecular weight is 374 g/mol. The first-order chi connectivity index (χ1) is 14.3. The van der Waals surface area contributed by atoms with E-state index in [0.29, 0.717) is 6.54 Å². The lowest BCUT2D eigenvalue weighted by Gasteiger charge is -2.21. The van der Waals surface area contributed by atoms with Gasteiger partial charge < -0.3 is 0 Å². The zero-order valence-electron chi connectivity index (χ0n) is 15.7. The Morgan fingerprint density at radius 3 is 2.14 bits per heavy atom. The summed E-state index contributed by atoms with van der Waals surface area (Å²) in [5.41, 5.74) is 8.80. The van der Waals surface area contributed by atoms with Crippen LogP contribution in [0.25, 0.3) is 39.0 Å². The van der Waals surface area contributed by atoms with Gasteiger partial charge in [0.2, 0.25) is 0 Å². The van der Waals surface area contributed by atoms with Crippen molar-refractivity contribution in [2.75, 3.05) is 0 Å². The van der Waals surface area contributed by atoms with Crippen molar-refractivity contribution in [1.82, 2.24) is 9.13 Å². The molecular formula is C26H18N2O. The molecule has 3 nitrogen and oxygen atoms in total. The molecule has 2 heterocycles. The maximum Gasteiger partial charge on any atom is 0.334 e. The third-order valence-corrected chi connectivity index (χ3v) is 5.80. The molecule has 0 N–H and O–H groups in total. The number of aromatic nitrogens is 2. The predicted octanol–water partition coefficient (Wildman–Crippen LogP) is 5.49. The lowest BCUT2D eigenvalue weighted by molar-refractivity contribution is 0.759. The van der Waals surface area contributed by atoms with Gasteiger partial charge in [0.25, 0.3) is 0 Å². The van der Waals surface area contributed by atoms with Crippen LogP contribution in [0.3, 0.4) is 0 Å². The molecule has 0 saturated carbocycles. The van der Waals surface area contributed by atoms with Crippen LogP contribution >= 0.6 is 0 Å². The van der Waals surface area contributed by atoms with Crippen LogP contribution in [0.5, 0.6) is 0 Å². The molecule has 5 aromatic rings. The summed E-state index contributed by atoms with van der Waals surface area (Å²) in [5.74, 6) is 0. The van der Waals surface area contributed by atoms with E-state index in [1.165, 1.54) is 22.3 Å². The van der Waals surface area contributed by atoms with Crippen molar-refractivity contribution >= 4 is 11.0 Å². The van der Waals surface area contributed by atoms with Gasteiger partial charge >= 0.3 is 5.69 Å². The van der Waals surface area contributed by atoms with Crippen LogP contribution in [0.4, 0.5) is 0 Å². The Balaban J connectivity index is 1.71. The quantitative estimate of drug-likeness (QED) is 0.394. The molecule has 4 aromatic carbocycles. The van der Waals surface area contributed by atoms with E-state index in [4.69, 9.17) is 0 Å². The fraction of sp³-hybridized carbons (Fsp3) is 0.0385. The second-order valence-corrected chi connectivity index (χ2v) is 7.42. The van der Waals surface area contributed by atoms with Gasteiger partial charge in [-0.3, -0.25) is 9.13 Å². The molecule has 1 aliphatic heterocycles. The van der Waals surface area contributed by atoms with Gasteiger partial charge in [-0.05, 0) is 40.5 Å². The highest BCUT2D eigenvalue weighted by Gasteiger charge is 2.25. The molecule has 0 spiro atoms. The van der Waals surface area contributed by atoms with E-state index in [1.54, 1.807) is 0 Å². The molecule has 0 radical (unpaired) electrons. The molecule has 0 amide bonds. The Labute approximate surface area is 168 Å². The van der Waals surface area contributed by atoms with Crippen molar-refractivity contribution in [3.8, 4) is 27.9 Å². The second kappa shape index (κ2) is 6.08. The normalized spacial score (nSPS) is 12.1. The van der Waals surface area contributed by atoms with Crippen molar-refractivity contribution < 1.29 is 0 Å². The van der Waals surface area contributed by atoms with Crippen molar-refractivity contribution in [3.05, 3.63) is 113 Å². The molecule has 0 fully saturated rings. The van der Waals surface area contributed by atoms with Gasteiger partial charge in [-0.1, -0.05) is 78.9 Å². The number of rotatable bonds is 2. The Morgan fingerprint density at radius 1 is 0.655 bits per heavy atom. The van der Waals surface area contributed by atoms with E-state index in [2.05, 4.69) is 54.6 Å². The van der Waals surface area contributed by atoms with Crippen molar-refractivity contribution in [2.45, 2.75) is 6.54 Å². The highest BCUT2D eigenvalue weighted by molar-refractivity contribution is 6.00. The van der Waals surface area contributed by atoms with Crippen LogP contribution in [0.1, 0.15) is 5.56 Å². The molecule has 0 saturated heterocycles. The smallest absolute Gasteiger partial charge is 0.287 e. The molecule has 0 bridgehead atoms. The third kappa shape index (κ3) is 2.28. The van der Waals surface area contributed by atoms with Crippen LogP contribution in [0, 0.1) is 0 Å². The van der Waals surface area contributed by atoms with E-state index in [0.717, 1.165) is 22.3 Å². The number of imidazole rings is 1. The monoisotopic (exact) mass is 374 g/mol. The van der Waals surface area contributed by atoms with Gasteiger partial charge in [0.05, 0.1) is 23.3 Å². The summed E-state index contributed by atoms with van der Waals surface area (Å²) in [6.07, 6.45) is 0. The van der Waals surface area contributed by atoms with E-state index in [1.807, 2.05) is 51.6 Å². The molecule has 138 valence electrons. The van der Waals surface area contributed by atoms with E-state index in [9.17, 15) is 4.79 Å². The topological polar surface area (TPSA) is 26.9 Å². The van der Waals surface area contributed by atoms with E-state index in [-0.39, 0.29) is 5.69 Å². The molecule has 6 rings (SSSR count). The lowest BCUT2D eigenvalue weighted by atomic mass is 9.88. The number of hydrogen-bond donors (Lipinski definition) is 0. The molecular weight excluding hydrogens is 356 g/mol. The summed E-state index contributed by atoms with van der Waals surface area (Å²) in [7, 11) is 0. The van der Waals surface area contributed by atoms with Crippen LogP contribution in [-0.4, -0.2) is 9.13 Å². The third-order valence-electron chi connectivity index (χ3n) is 5.80. The standard InChI is InChI=1S/C26H18N2O/c29-26-27-17-19-11-7-14-21(18-9-3-1-4-10-18)24(19)22-15-8-16-23(25(22)27)28(26)20-12-5-2-6-13-20/h1-16H,17H2. The van der Waals surface area contributed by atoms with Crippen LogP contribution in [0.2, 0.25) is 0 Å². The second-order valence-electron chi connectivity index (χ2n) is 7.42. The molecule has 0 atom stereocenters. The lowest BCUT2D eigenvalue weighted by Crippen LogP contribution is -2.25. The molecule has 1 aliphatic rings. The number of hydrogen-bond acceptors (Lipinski definition) is 1. The zero-order valence-corrected chi connectivity index (χ0v) is 15.7. The number of para-hydroxylation sites is 2. The summed E-state index contributed by atoms with van der Waals surface area (Å²) >= 11 is 0. The van der Waals surface area contributed by atoms with Crippen LogP contribution in [0.15, 0.2) is 102 Å². The summed E-state index contributed by atoms with van der Waals surface area (Å²) < 4.78 is 3.74. The highest BCUT2D eigenvalue weighted by Crippen LogP contribution is 2.41. The fourth-order valence-corrected chi connectivity index (χ4v) is 4.57. The summed E-state index contributed by atoms with van der Waals surface area (Å²) in [6.45, 7) is 0.586. The van der Waals surface area contributed by atoms with Crippen LogP contribution in [-0.2, 0) is 6.54 Å². The minimum atomic E-state index is 0.00872. The first-order valence-corrected chi connectivity index (χ1v) is 9.80. The van der Waals surface area contributed by atoms with Crippen molar-refractivity contribution in [1.29, 1.82) is 0 Å². The number of fused-ring (bicyclic) bond motifs is 2. The first kappa shape index (κ1) is 16.1. The largest absolute Gasteiger partial charge is 0.334 e. The number of benzene rings is 4. The summed E-state index contributed by atoms with van der Waals surface area (Å²) in [6, 6.07) is 33.0. The highest BCUT2D eigenvalue weighted by atomic mass is 16.1. The Hall–Kier alpha value is -3.85. The summed E-state index contributed by atoms with van der Waals surface area (Å²) in [5, 5.41) is 0. The number of nitrogens with zero attached hydrogens (tertiary/aromatic N) is 2. The van der Waals surface area contributed by atoms with Crippen LogP contribution < -0.4 is 5.69 Å². The first-order valence-electron chi connectivity index (χ1n) is 9.80. The summed E-state index contributed by atoms with van der Waals surface area (Å²) in [4.78, 5) is 13.4. The predicted molar refractivity (Wildman–Crippen MR) is 118 cm³/mol. The van der Waals surface area contributed by atoms with E-state index < -0.39 is 0 Å². The van der Waals surface area contributed by atoms with Crippen molar-refractivity contribution in [3.63, 3.8) is 0 Å². The maximum absolute atomic E-state index is 13.4. The molecule has 0 aliphatic carbocycles. The molecule has 3 heteroatoms. The molecule has 29 heavy (non-hydrogen) atoms. The fourth-order valence-electron chi connectivity index (χ4n) is 4.57. The van der Waals surface area contributed by atoms with E-state index >= 15 is 0 Å². The average Bonchev–Trinajstić information content (AvgIpc) is 3.07. The van der Waals surface area contributed by atoms with Gasteiger partial charge in [0.15, 0.2) is 0 Å². The van der Waals surface area contributed by atoms with Gasteiger partial charge in [0, 0.05) is 5.56 Å². The van der Waals surface area contributed by atoms with Gasteiger partial charge in [-0.25, -0.2) is 4.79 Å². The van der Waals surface area contributed by atoms with Gasteiger partial charge in [-0.15, -0.1) is 0 Å². The van der Waals surface area contributed by atoms with Gasteiger partial charge in [0.1, 0.15) is 0 Å². The minimum Gasteiger partial charge on any atom is -0.287 e. The Kier molecular flexibility index (Phi) is 3.38. The Morgan fingerprint density at radius 2 is 1.34 bits per heavy atom. The Bertz CT molecular complexity index is 1430.